The van der Waals surface area contributed by atoms with Gasteiger partial charge in [-0.1, -0.05) is 13.8 Å². The maximum atomic E-state index is 12.1. The van der Waals surface area contributed by atoms with Gasteiger partial charge in [-0.05, 0) is 32.1 Å². The molecule has 2 heterocycles. The Morgan fingerprint density at radius 3 is 3.05 bits per heavy atom. The van der Waals surface area contributed by atoms with Gasteiger partial charge in [-0.2, -0.15) is 0 Å². The lowest BCUT2D eigenvalue weighted by Crippen LogP contribution is -2.36. The van der Waals surface area contributed by atoms with E-state index in [0.717, 1.165) is 25.3 Å². The molecule has 1 aromatic heterocycles. The number of nitrogens with one attached hydrogen (secondary N) is 1. The fourth-order valence-corrected chi connectivity index (χ4v) is 2.44. The van der Waals surface area contributed by atoms with Gasteiger partial charge in [0.25, 0.3) is 5.91 Å². The highest BCUT2D eigenvalue weighted by Gasteiger charge is 2.19. The van der Waals surface area contributed by atoms with E-state index in [-0.39, 0.29) is 11.9 Å². The lowest BCUT2D eigenvalue weighted by molar-refractivity contribution is 0.0934. The molecule has 2 atom stereocenters. The largest absolute Gasteiger partial charge is 0.356 e. The molecule has 0 spiro atoms. The van der Waals surface area contributed by atoms with Crippen LogP contribution in [0.25, 0.3) is 0 Å². The molecule has 0 saturated carbocycles. The second-order valence-corrected chi connectivity index (χ2v) is 5.74. The van der Waals surface area contributed by atoms with Crippen molar-refractivity contribution in [1.29, 1.82) is 0 Å². The van der Waals surface area contributed by atoms with E-state index in [0.29, 0.717) is 11.6 Å². The van der Waals surface area contributed by atoms with E-state index in [1.165, 1.54) is 19.2 Å². The SMILES string of the molecule is CCC(C)NC(=O)c1cc(N2CCCC(C)C2)ncn1. The molecule has 0 aliphatic carbocycles. The maximum absolute atomic E-state index is 12.1. The number of anilines is 1. The van der Waals surface area contributed by atoms with Gasteiger partial charge in [-0.3, -0.25) is 4.79 Å². The van der Waals surface area contributed by atoms with Gasteiger partial charge in [-0.15, -0.1) is 0 Å². The van der Waals surface area contributed by atoms with Crippen LogP contribution in [0.3, 0.4) is 0 Å². The quantitative estimate of drug-likeness (QED) is 0.916. The molecule has 1 aliphatic heterocycles. The Morgan fingerprint density at radius 1 is 1.55 bits per heavy atom. The number of hydrogen-bond acceptors (Lipinski definition) is 4. The lowest BCUT2D eigenvalue weighted by Gasteiger charge is -2.31. The molecule has 5 nitrogen and oxygen atoms in total. The lowest BCUT2D eigenvalue weighted by atomic mass is 10.0. The summed E-state index contributed by atoms with van der Waals surface area (Å²) in [6.45, 7) is 8.30. The fourth-order valence-electron chi connectivity index (χ4n) is 2.44. The number of hydrogen-bond donors (Lipinski definition) is 1. The molecule has 1 amide bonds. The number of nitrogens with zero attached hydrogens (tertiary/aromatic N) is 3. The minimum absolute atomic E-state index is 0.118. The number of carbonyl (C=O) groups is 1. The highest BCUT2D eigenvalue weighted by Crippen LogP contribution is 2.21. The van der Waals surface area contributed by atoms with Crippen LogP contribution in [0.5, 0.6) is 0 Å². The zero-order valence-corrected chi connectivity index (χ0v) is 12.6. The Morgan fingerprint density at radius 2 is 2.35 bits per heavy atom. The summed E-state index contributed by atoms with van der Waals surface area (Å²) < 4.78 is 0. The maximum Gasteiger partial charge on any atom is 0.270 e. The molecule has 1 saturated heterocycles. The summed E-state index contributed by atoms with van der Waals surface area (Å²) in [5, 5.41) is 2.94. The zero-order valence-electron chi connectivity index (χ0n) is 12.6. The van der Waals surface area contributed by atoms with E-state index in [4.69, 9.17) is 0 Å². The number of carbonyl (C=O) groups excluding carboxylic acids is 1. The van der Waals surface area contributed by atoms with Gasteiger partial charge in [0, 0.05) is 25.2 Å². The second-order valence-electron chi connectivity index (χ2n) is 5.74. The van der Waals surface area contributed by atoms with E-state index in [2.05, 4.69) is 27.1 Å². The van der Waals surface area contributed by atoms with Crippen molar-refractivity contribution in [3.63, 3.8) is 0 Å². The molecule has 1 aliphatic rings. The Balaban J connectivity index is 2.09. The Bertz CT molecular complexity index is 463. The van der Waals surface area contributed by atoms with E-state index in [1.807, 2.05) is 13.8 Å². The first kappa shape index (κ1) is 14.8. The van der Waals surface area contributed by atoms with Crippen LogP contribution in [0, 0.1) is 5.92 Å². The third kappa shape index (κ3) is 3.68. The third-order valence-corrected chi connectivity index (χ3v) is 3.86. The number of piperidine rings is 1. The molecule has 1 aromatic rings. The van der Waals surface area contributed by atoms with E-state index < -0.39 is 0 Å². The van der Waals surface area contributed by atoms with E-state index in [9.17, 15) is 4.79 Å². The van der Waals surface area contributed by atoms with Crippen LogP contribution in [0.2, 0.25) is 0 Å². The molecular formula is C15H24N4O. The van der Waals surface area contributed by atoms with Gasteiger partial charge in [0.2, 0.25) is 0 Å². The minimum Gasteiger partial charge on any atom is -0.356 e. The summed E-state index contributed by atoms with van der Waals surface area (Å²) in [5.41, 5.74) is 0.452. The predicted molar refractivity (Wildman–Crippen MR) is 79.9 cm³/mol. The average Bonchev–Trinajstić information content (AvgIpc) is 2.47. The van der Waals surface area contributed by atoms with Crippen molar-refractivity contribution in [2.45, 2.75) is 46.1 Å². The zero-order chi connectivity index (χ0) is 14.5. The summed E-state index contributed by atoms with van der Waals surface area (Å²) in [6, 6.07) is 1.96. The number of rotatable bonds is 4. The number of aromatic nitrogens is 2. The van der Waals surface area contributed by atoms with Crippen molar-refractivity contribution < 1.29 is 4.79 Å². The first-order valence-electron chi connectivity index (χ1n) is 7.48. The first-order chi connectivity index (χ1) is 9.60. The molecule has 2 rings (SSSR count). The molecule has 1 N–H and O–H groups in total. The molecule has 0 radical (unpaired) electrons. The molecule has 5 heteroatoms. The molecule has 2 unspecified atom stereocenters. The predicted octanol–water partition coefficient (Wildman–Crippen LogP) is 2.24. The minimum atomic E-state index is -0.118. The molecule has 0 bridgehead atoms. The van der Waals surface area contributed by atoms with Crippen molar-refractivity contribution in [1.82, 2.24) is 15.3 Å². The number of amides is 1. The Labute approximate surface area is 120 Å². The standard InChI is InChI=1S/C15H24N4O/c1-4-12(3)18-15(20)13-8-14(17-10-16-13)19-7-5-6-11(2)9-19/h8,10-12H,4-7,9H2,1-3H3,(H,18,20). The van der Waals surface area contributed by atoms with Crippen LogP contribution < -0.4 is 10.2 Å². The van der Waals surface area contributed by atoms with Crippen LogP contribution in [0.15, 0.2) is 12.4 Å². The fraction of sp³-hybridized carbons (Fsp3) is 0.667. The highest BCUT2D eigenvalue weighted by atomic mass is 16.1. The monoisotopic (exact) mass is 276 g/mol. The van der Waals surface area contributed by atoms with Gasteiger partial charge >= 0.3 is 0 Å². The van der Waals surface area contributed by atoms with Gasteiger partial charge in [0.05, 0.1) is 0 Å². The van der Waals surface area contributed by atoms with Crippen molar-refractivity contribution in [2.75, 3.05) is 18.0 Å². The summed E-state index contributed by atoms with van der Waals surface area (Å²) in [6.07, 6.45) is 4.84. The molecule has 0 aromatic carbocycles. The van der Waals surface area contributed by atoms with Crippen molar-refractivity contribution in [3.05, 3.63) is 18.1 Å². The molecule has 1 fully saturated rings. The van der Waals surface area contributed by atoms with Gasteiger partial charge < -0.3 is 10.2 Å². The van der Waals surface area contributed by atoms with Crippen molar-refractivity contribution in [2.24, 2.45) is 5.92 Å². The van der Waals surface area contributed by atoms with Gasteiger partial charge in [0.1, 0.15) is 17.8 Å². The third-order valence-electron chi connectivity index (χ3n) is 3.86. The average molecular weight is 276 g/mol. The van der Waals surface area contributed by atoms with Crippen LogP contribution in [-0.4, -0.2) is 35.0 Å². The van der Waals surface area contributed by atoms with Gasteiger partial charge in [0.15, 0.2) is 0 Å². The van der Waals surface area contributed by atoms with Crippen molar-refractivity contribution >= 4 is 11.7 Å². The highest BCUT2D eigenvalue weighted by molar-refractivity contribution is 5.93. The summed E-state index contributed by atoms with van der Waals surface area (Å²) in [7, 11) is 0. The topological polar surface area (TPSA) is 58.1 Å². The van der Waals surface area contributed by atoms with Crippen LogP contribution >= 0.6 is 0 Å². The molecule has 20 heavy (non-hydrogen) atoms. The normalized spacial score (nSPS) is 20.6. The summed E-state index contributed by atoms with van der Waals surface area (Å²) in [5.74, 6) is 1.42. The smallest absolute Gasteiger partial charge is 0.270 e. The Kier molecular flexibility index (Phi) is 4.93. The first-order valence-corrected chi connectivity index (χ1v) is 7.48. The van der Waals surface area contributed by atoms with E-state index in [1.54, 1.807) is 6.07 Å². The molecular weight excluding hydrogens is 252 g/mol. The second kappa shape index (κ2) is 6.68. The Hall–Kier alpha value is -1.65. The summed E-state index contributed by atoms with van der Waals surface area (Å²) in [4.78, 5) is 22.7. The van der Waals surface area contributed by atoms with Crippen molar-refractivity contribution in [3.8, 4) is 0 Å². The van der Waals surface area contributed by atoms with Gasteiger partial charge in [-0.25, -0.2) is 9.97 Å². The van der Waals surface area contributed by atoms with Crippen LogP contribution in [0.4, 0.5) is 5.82 Å². The van der Waals surface area contributed by atoms with Crippen LogP contribution in [-0.2, 0) is 0 Å². The molecule has 110 valence electrons. The summed E-state index contributed by atoms with van der Waals surface area (Å²) >= 11 is 0. The van der Waals surface area contributed by atoms with Crippen LogP contribution in [0.1, 0.15) is 50.5 Å². The van der Waals surface area contributed by atoms with E-state index >= 15 is 0 Å².